The SMILES string of the molecule is CCCN(C)C(=O)c1ccc(C(F)(F)F)cc1. The van der Waals surface area contributed by atoms with Crippen molar-refractivity contribution in [2.75, 3.05) is 13.6 Å². The Morgan fingerprint density at radius 2 is 1.76 bits per heavy atom. The molecule has 1 rings (SSSR count). The van der Waals surface area contributed by atoms with Gasteiger partial charge in [0.2, 0.25) is 0 Å². The zero-order valence-electron chi connectivity index (χ0n) is 9.71. The lowest BCUT2D eigenvalue weighted by Crippen LogP contribution is -2.27. The Bertz CT molecular complexity index is 384. The van der Waals surface area contributed by atoms with Gasteiger partial charge in [-0.3, -0.25) is 4.79 Å². The molecule has 0 aliphatic carbocycles. The van der Waals surface area contributed by atoms with Crippen molar-refractivity contribution >= 4 is 5.91 Å². The van der Waals surface area contributed by atoms with E-state index in [1.807, 2.05) is 6.92 Å². The summed E-state index contributed by atoms with van der Waals surface area (Å²) in [6.45, 7) is 2.51. The first-order valence-electron chi connectivity index (χ1n) is 5.29. The number of nitrogens with zero attached hydrogens (tertiary/aromatic N) is 1. The highest BCUT2D eigenvalue weighted by atomic mass is 19.4. The third-order valence-electron chi connectivity index (χ3n) is 2.36. The van der Waals surface area contributed by atoms with Crippen LogP contribution in [0, 0.1) is 0 Å². The molecule has 0 bridgehead atoms. The molecule has 1 amide bonds. The molecule has 0 N–H and O–H groups in total. The minimum absolute atomic E-state index is 0.263. The number of alkyl halides is 3. The van der Waals surface area contributed by atoms with Crippen molar-refractivity contribution < 1.29 is 18.0 Å². The van der Waals surface area contributed by atoms with E-state index < -0.39 is 11.7 Å². The molecule has 1 aromatic rings. The molecule has 0 fully saturated rings. The second-order valence-corrected chi connectivity index (χ2v) is 3.80. The quantitative estimate of drug-likeness (QED) is 0.800. The minimum atomic E-state index is -4.36. The molecular formula is C12H14F3NO. The maximum absolute atomic E-state index is 12.3. The summed E-state index contributed by atoms with van der Waals surface area (Å²) >= 11 is 0. The molecule has 94 valence electrons. The molecule has 0 atom stereocenters. The van der Waals surface area contributed by atoms with E-state index in [0.717, 1.165) is 18.6 Å². The lowest BCUT2D eigenvalue weighted by Gasteiger charge is -2.16. The average Bonchev–Trinajstić information content (AvgIpc) is 2.27. The van der Waals surface area contributed by atoms with E-state index in [2.05, 4.69) is 0 Å². The first-order valence-corrected chi connectivity index (χ1v) is 5.29. The molecule has 0 heterocycles. The van der Waals surface area contributed by atoms with Gasteiger partial charge in [-0.15, -0.1) is 0 Å². The zero-order chi connectivity index (χ0) is 13.1. The summed E-state index contributed by atoms with van der Waals surface area (Å²) < 4.78 is 36.9. The van der Waals surface area contributed by atoms with E-state index >= 15 is 0 Å². The molecule has 1 aromatic carbocycles. The van der Waals surface area contributed by atoms with Gasteiger partial charge in [-0.05, 0) is 30.7 Å². The molecule has 17 heavy (non-hydrogen) atoms. The van der Waals surface area contributed by atoms with E-state index in [1.165, 1.54) is 17.0 Å². The molecule has 0 saturated carbocycles. The van der Waals surface area contributed by atoms with Gasteiger partial charge in [0, 0.05) is 19.2 Å². The van der Waals surface area contributed by atoms with Gasteiger partial charge in [-0.25, -0.2) is 0 Å². The number of carbonyl (C=O) groups is 1. The summed E-state index contributed by atoms with van der Waals surface area (Å²) in [7, 11) is 1.63. The molecule has 0 aliphatic heterocycles. The van der Waals surface area contributed by atoms with Crippen molar-refractivity contribution in [1.29, 1.82) is 0 Å². The summed E-state index contributed by atoms with van der Waals surface area (Å²) in [5.74, 6) is -0.263. The van der Waals surface area contributed by atoms with Gasteiger partial charge in [-0.1, -0.05) is 6.92 Å². The maximum atomic E-state index is 12.3. The highest BCUT2D eigenvalue weighted by Crippen LogP contribution is 2.29. The Morgan fingerprint density at radius 3 is 2.18 bits per heavy atom. The van der Waals surface area contributed by atoms with Crippen LogP contribution in [0.3, 0.4) is 0 Å². The predicted octanol–water partition coefficient (Wildman–Crippen LogP) is 3.19. The molecule has 0 aliphatic rings. The highest BCUT2D eigenvalue weighted by molar-refractivity contribution is 5.94. The zero-order valence-corrected chi connectivity index (χ0v) is 9.71. The topological polar surface area (TPSA) is 20.3 Å². The number of hydrogen-bond donors (Lipinski definition) is 0. The third kappa shape index (κ3) is 3.47. The first-order chi connectivity index (χ1) is 7.86. The predicted molar refractivity (Wildman–Crippen MR) is 58.7 cm³/mol. The Hall–Kier alpha value is -1.52. The van der Waals surface area contributed by atoms with E-state index in [0.29, 0.717) is 6.54 Å². The number of amides is 1. The molecule has 0 saturated heterocycles. The average molecular weight is 245 g/mol. The Balaban J connectivity index is 2.84. The van der Waals surface area contributed by atoms with Crippen LogP contribution in [0.4, 0.5) is 13.2 Å². The number of rotatable bonds is 3. The van der Waals surface area contributed by atoms with Gasteiger partial charge in [0.25, 0.3) is 5.91 Å². The van der Waals surface area contributed by atoms with E-state index in [9.17, 15) is 18.0 Å². The number of hydrogen-bond acceptors (Lipinski definition) is 1. The molecule has 0 unspecified atom stereocenters. The van der Waals surface area contributed by atoms with Crippen LogP contribution in [-0.4, -0.2) is 24.4 Å². The summed E-state index contributed by atoms with van der Waals surface area (Å²) in [6, 6.07) is 4.26. The largest absolute Gasteiger partial charge is 0.416 e. The van der Waals surface area contributed by atoms with Crippen molar-refractivity contribution in [2.45, 2.75) is 19.5 Å². The third-order valence-corrected chi connectivity index (χ3v) is 2.36. The highest BCUT2D eigenvalue weighted by Gasteiger charge is 2.30. The molecular weight excluding hydrogens is 231 g/mol. The van der Waals surface area contributed by atoms with E-state index in [4.69, 9.17) is 0 Å². The number of benzene rings is 1. The van der Waals surface area contributed by atoms with Crippen LogP contribution in [0.1, 0.15) is 29.3 Å². The Labute approximate surface area is 98.0 Å². The smallest absolute Gasteiger partial charge is 0.342 e. The van der Waals surface area contributed by atoms with Crippen molar-refractivity contribution in [3.63, 3.8) is 0 Å². The molecule has 2 nitrogen and oxygen atoms in total. The van der Waals surface area contributed by atoms with Crippen molar-refractivity contribution in [1.82, 2.24) is 4.90 Å². The van der Waals surface area contributed by atoms with E-state index in [1.54, 1.807) is 7.05 Å². The number of carbonyl (C=O) groups excluding carboxylic acids is 1. The monoisotopic (exact) mass is 245 g/mol. The second-order valence-electron chi connectivity index (χ2n) is 3.80. The molecule has 5 heteroatoms. The van der Waals surface area contributed by atoms with Gasteiger partial charge < -0.3 is 4.90 Å². The lowest BCUT2D eigenvalue weighted by atomic mass is 10.1. The standard InChI is InChI=1S/C12H14F3NO/c1-3-8-16(2)11(17)9-4-6-10(7-5-9)12(13,14)15/h4-7H,3,8H2,1-2H3. The fraction of sp³-hybridized carbons (Fsp3) is 0.417. The van der Waals surface area contributed by atoms with Crippen LogP contribution in [-0.2, 0) is 6.18 Å². The summed E-state index contributed by atoms with van der Waals surface area (Å²) in [6.07, 6.45) is -3.56. The lowest BCUT2D eigenvalue weighted by molar-refractivity contribution is -0.137. The molecule has 0 radical (unpaired) electrons. The van der Waals surface area contributed by atoms with Gasteiger partial charge >= 0.3 is 6.18 Å². The van der Waals surface area contributed by atoms with Crippen LogP contribution >= 0.6 is 0 Å². The van der Waals surface area contributed by atoms with E-state index in [-0.39, 0.29) is 11.5 Å². The summed E-state index contributed by atoms with van der Waals surface area (Å²) in [4.78, 5) is 13.2. The first kappa shape index (κ1) is 13.5. The van der Waals surface area contributed by atoms with Crippen molar-refractivity contribution in [3.8, 4) is 0 Å². The number of halogens is 3. The van der Waals surface area contributed by atoms with Crippen LogP contribution in [0.2, 0.25) is 0 Å². The van der Waals surface area contributed by atoms with Crippen LogP contribution in [0.15, 0.2) is 24.3 Å². The summed E-state index contributed by atoms with van der Waals surface area (Å²) in [5, 5.41) is 0. The van der Waals surface area contributed by atoms with Crippen molar-refractivity contribution in [2.24, 2.45) is 0 Å². The fourth-order valence-electron chi connectivity index (χ4n) is 1.46. The minimum Gasteiger partial charge on any atom is -0.342 e. The van der Waals surface area contributed by atoms with Crippen LogP contribution in [0.5, 0.6) is 0 Å². The molecule has 0 spiro atoms. The van der Waals surface area contributed by atoms with Crippen molar-refractivity contribution in [3.05, 3.63) is 35.4 Å². The van der Waals surface area contributed by atoms with Gasteiger partial charge in [0.15, 0.2) is 0 Å². The summed E-state index contributed by atoms with van der Waals surface area (Å²) in [5.41, 5.74) is -0.471. The fourth-order valence-corrected chi connectivity index (χ4v) is 1.46. The van der Waals surface area contributed by atoms with Gasteiger partial charge in [-0.2, -0.15) is 13.2 Å². The normalized spacial score (nSPS) is 11.4. The van der Waals surface area contributed by atoms with Gasteiger partial charge in [0.1, 0.15) is 0 Å². The van der Waals surface area contributed by atoms with Gasteiger partial charge in [0.05, 0.1) is 5.56 Å². The second kappa shape index (κ2) is 5.21. The van der Waals surface area contributed by atoms with Crippen LogP contribution in [0.25, 0.3) is 0 Å². The van der Waals surface area contributed by atoms with Crippen LogP contribution < -0.4 is 0 Å². The molecule has 0 aromatic heterocycles. The maximum Gasteiger partial charge on any atom is 0.416 e. The Kier molecular flexibility index (Phi) is 4.15. The Morgan fingerprint density at radius 1 is 1.24 bits per heavy atom.